The van der Waals surface area contributed by atoms with Gasteiger partial charge in [-0.05, 0) is 26.2 Å². The van der Waals surface area contributed by atoms with Gasteiger partial charge >= 0.3 is 0 Å². The summed E-state index contributed by atoms with van der Waals surface area (Å²) in [4.78, 5) is 0. The van der Waals surface area contributed by atoms with Crippen molar-refractivity contribution >= 4 is 0 Å². The van der Waals surface area contributed by atoms with Crippen LogP contribution in [0.1, 0.15) is 161 Å². The van der Waals surface area contributed by atoms with Crippen LogP contribution in [-0.4, -0.2) is 4.57 Å². The largest absolute Gasteiger partial charge is 0.256 e. The molecule has 2 heteroatoms. The van der Waals surface area contributed by atoms with Crippen LogP contribution in [-0.2, 0) is 19.5 Å². The predicted octanol–water partition coefficient (Wildman–Crippen LogP) is 9.57. The Bertz CT molecular complexity index is 505. The van der Waals surface area contributed by atoms with Gasteiger partial charge in [-0.2, -0.15) is 0 Å². The van der Waals surface area contributed by atoms with Crippen LogP contribution < -0.4 is 4.57 Å². The molecule has 0 bridgehead atoms. The van der Waals surface area contributed by atoms with Gasteiger partial charge in [0.15, 0.2) is 0 Å². The lowest BCUT2D eigenvalue weighted by atomic mass is 10.0. The van der Waals surface area contributed by atoms with Crippen molar-refractivity contribution < 1.29 is 4.57 Å². The molecule has 0 fully saturated rings. The van der Waals surface area contributed by atoms with Gasteiger partial charge in [-0.15, -0.1) is 0 Å². The third kappa shape index (κ3) is 15.1. The Morgan fingerprint density at radius 3 is 1.38 bits per heavy atom. The topological polar surface area (TPSA) is 8.81 Å². The van der Waals surface area contributed by atoms with E-state index < -0.39 is 0 Å². The molecule has 1 aromatic rings. The van der Waals surface area contributed by atoms with Crippen molar-refractivity contribution in [2.75, 3.05) is 0 Å². The quantitative estimate of drug-likeness (QED) is 0.110. The average Bonchev–Trinajstić information content (AvgIpc) is 3.20. The van der Waals surface area contributed by atoms with Crippen molar-refractivity contribution in [3.8, 4) is 0 Å². The van der Waals surface area contributed by atoms with Crippen molar-refractivity contribution in [1.82, 2.24) is 4.57 Å². The molecule has 1 aromatic heterocycles. The third-order valence-corrected chi connectivity index (χ3v) is 7.19. The summed E-state index contributed by atoms with van der Waals surface area (Å²) >= 11 is 0. The van der Waals surface area contributed by atoms with Crippen molar-refractivity contribution in [1.29, 1.82) is 0 Å². The zero-order valence-electron chi connectivity index (χ0n) is 22.5. The number of unbranched alkanes of at least 4 members (excludes halogenated alkanes) is 19. The maximum atomic E-state index is 2.56. The van der Waals surface area contributed by atoms with E-state index in [1.165, 1.54) is 148 Å². The minimum absolute atomic E-state index is 1.11. The summed E-state index contributed by atoms with van der Waals surface area (Å²) in [5.74, 6) is 1.57. The first-order chi connectivity index (χ1) is 15.8. The summed E-state index contributed by atoms with van der Waals surface area (Å²) in [6.45, 7) is 9.22. The van der Waals surface area contributed by atoms with Crippen molar-refractivity contribution in [2.24, 2.45) is 0 Å². The highest BCUT2D eigenvalue weighted by molar-refractivity contribution is 4.83. The lowest BCUT2D eigenvalue weighted by Crippen LogP contribution is -2.37. The van der Waals surface area contributed by atoms with Crippen LogP contribution in [0.2, 0.25) is 0 Å². The molecule has 1 rings (SSSR count). The molecule has 2 nitrogen and oxygen atoms in total. The first kappa shape index (κ1) is 29.2. The second-order valence-electron chi connectivity index (χ2n) is 10.2. The second kappa shape index (κ2) is 22.0. The summed E-state index contributed by atoms with van der Waals surface area (Å²) in [7, 11) is 0. The van der Waals surface area contributed by atoms with Crippen LogP contribution in [0.3, 0.4) is 0 Å². The maximum absolute atomic E-state index is 2.56. The number of aryl methyl sites for hydroxylation is 2. The van der Waals surface area contributed by atoms with Gasteiger partial charge in [0.2, 0.25) is 0 Å². The van der Waals surface area contributed by atoms with Crippen molar-refractivity contribution in [3.63, 3.8) is 0 Å². The Hall–Kier alpha value is -0.790. The molecular weight excluding hydrogens is 388 g/mol. The minimum atomic E-state index is 1.11. The van der Waals surface area contributed by atoms with E-state index >= 15 is 0 Å². The lowest BCUT2D eigenvalue weighted by Gasteiger charge is -2.06. The van der Waals surface area contributed by atoms with Crippen LogP contribution in [0.25, 0.3) is 0 Å². The molecule has 0 saturated heterocycles. The van der Waals surface area contributed by atoms with Crippen molar-refractivity contribution in [2.45, 2.75) is 175 Å². The molecule has 188 valence electrons. The molecule has 0 radical (unpaired) electrons. The number of aromatic nitrogens is 2. The van der Waals surface area contributed by atoms with Crippen LogP contribution in [0.5, 0.6) is 0 Å². The summed E-state index contributed by atoms with van der Waals surface area (Å²) in [6, 6.07) is 0. The molecular formula is C30H59N2+. The van der Waals surface area contributed by atoms with E-state index in [-0.39, 0.29) is 0 Å². The van der Waals surface area contributed by atoms with Gasteiger partial charge in [-0.3, -0.25) is 0 Å². The molecule has 0 amide bonds. The van der Waals surface area contributed by atoms with Gasteiger partial charge < -0.3 is 0 Å². The second-order valence-corrected chi connectivity index (χ2v) is 10.2. The number of rotatable bonds is 24. The Labute approximate surface area is 202 Å². The molecule has 0 aliphatic rings. The SMILES string of the molecule is CCCCCCCCCCCCCCc1n(CC)cc[n+]1CCCCCCCCCCC. The highest BCUT2D eigenvalue weighted by atomic mass is 15.1. The fraction of sp³-hybridized carbons (Fsp3) is 0.900. The molecule has 0 aliphatic heterocycles. The summed E-state index contributed by atoms with van der Waals surface area (Å²) < 4.78 is 5.04. The number of hydrogen-bond donors (Lipinski definition) is 0. The smallest absolute Gasteiger partial charge is 0.235 e. The first-order valence-corrected chi connectivity index (χ1v) is 14.9. The number of nitrogens with zero attached hydrogens (tertiary/aromatic N) is 2. The predicted molar refractivity (Wildman–Crippen MR) is 142 cm³/mol. The lowest BCUT2D eigenvalue weighted by molar-refractivity contribution is -0.704. The van der Waals surface area contributed by atoms with Gasteiger partial charge in [0, 0.05) is 6.42 Å². The van der Waals surface area contributed by atoms with Gasteiger partial charge in [0.25, 0.3) is 5.82 Å². The van der Waals surface area contributed by atoms with E-state index in [0.717, 1.165) is 6.54 Å². The monoisotopic (exact) mass is 447 g/mol. The summed E-state index contributed by atoms with van der Waals surface area (Å²) in [5, 5.41) is 0. The Morgan fingerprint density at radius 1 is 0.531 bits per heavy atom. The molecule has 0 spiro atoms. The van der Waals surface area contributed by atoms with E-state index in [4.69, 9.17) is 0 Å². The van der Waals surface area contributed by atoms with Crippen LogP contribution in [0.15, 0.2) is 12.4 Å². The number of imidazole rings is 1. The Morgan fingerprint density at radius 2 is 0.938 bits per heavy atom. The van der Waals surface area contributed by atoms with Crippen LogP contribution in [0.4, 0.5) is 0 Å². The molecule has 0 N–H and O–H groups in total. The molecule has 0 saturated carbocycles. The van der Waals surface area contributed by atoms with E-state index in [9.17, 15) is 0 Å². The molecule has 0 aliphatic carbocycles. The molecule has 32 heavy (non-hydrogen) atoms. The zero-order valence-corrected chi connectivity index (χ0v) is 22.5. The van der Waals surface area contributed by atoms with E-state index in [1.54, 1.807) is 5.82 Å². The standard InChI is InChI=1S/C30H59N2/c1-4-7-9-11-13-15-16-17-18-20-22-24-26-30-31(6-3)28-29-32(30)27-25-23-21-19-14-12-10-8-5-2/h28-29H,4-27H2,1-3H3/q+1. The van der Waals surface area contributed by atoms with Gasteiger partial charge in [0.1, 0.15) is 12.4 Å². The highest BCUT2D eigenvalue weighted by Crippen LogP contribution is 2.13. The van der Waals surface area contributed by atoms with E-state index in [1.807, 2.05) is 0 Å². The van der Waals surface area contributed by atoms with Crippen molar-refractivity contribution in [3.05, 3.63) is 18.2 Å². The number of hydrogen-bond acceptors (Lipinski definition) is 0. The first-order valence-electron chi connectivity index (χ1n) is 14.9. The molecule has 0 atom stereocenters. The van der Waals surface area contributed by atoms with E-state index in [2.05, 4.69) is 42.3 Å². The zero-order chi connectivity index (χ0) is 23.1. The molecule has 1 heterocycles. The third-order valence-electron chi connectivity index (χ3n) is 7.19. The van der Waals surface area contributed by atoms with Crippen LogP contribution >= 0.6 is 0 Å². The molecule has 0 aromatic carbocycles. The minimum Gasteiger partial charge on any atom is -0.235 e. The maximum Gasteiger partial charge on any atom is 0.256 e. The Balaban J connectivity index is 2.08. The summed E-state index contributed by atoms with van der Waals surface area (Å²) in [6.07, 6.45) is 35.8. The van der Waals surface area contributed by atoms with E-state index in [0.29, 0.717) is 0 Å². The molecule has 0 unspecified atom stereocenters. The Kier molecular flexibility index (Phi) is 20.1. The van der Waals surface area contributed by atoms with Gasteiger partial charge in [-0.1, -0.05) is 129 Å². The highest BCUT2D eigenvalue weighted by Gasteiger charge is 2.15. The normalized spacial score (nSPS) is 11.5. The fourth-order valence-corrected chi connectivity index (χ4v) is 4.99. The summed E-state index contributed by atoms with van der Waals surface area (Å²) in [5.41, 5.74) is 0. The van der Waals surface area contributed by atoms with Crippen LogP contribution in [0, 0.1) is 0 Å². The van der Waals surface area contributed by atoms with Gasteiger partial charge in [0.05, 0.1) is 13.1 Å². The van der Waals surface area contributed by atoms with Gasteiger partial charge in [-0.25, -0.2) is 9.13 Å². The average molecular weight is 448 g/mol. The fourth-order valence-electron chi connectivity index (χ4n) is 4.99.